The second-order valence-corrected chi connectivity index (χ2v) is 5.85. The van der Waals surface area contributed by atoms with Crippen LogP contribution in [0.1, 0.15) is 30.1 Å². The molecule has 0 aliphatic heterocycles. The quantitative estimate of drug-likeness (QED) is 0.888. The van der Waals surface area contributed by atoms with Crippen molar-refractivity contribution in [2.45, 2.75) is 31.6 Å². The number of hydrogen-bond donors (Lipinski definition) is 1. The largest absolute Gasteiger partial charge is 0.445 e. The zero-order valence-corrected chi connectivity index (χ0v) is 13.0. The molecule has 1 amide bonds. The molecule has 0 heterocycles. The summed E-state index contributed by atoms with van der Waals surface area (Å²) in [6.45, 7) is 0.520. The van der Waals surface area contributed by atoms with Gasteiger partial charge in [0.1, 0.15) is 6.61 Å². The molecule has 1 N–H and O–H groups in total. The predicted molar refractivity (Wildman–Crippen MR) is 87.8 cm³/mol. The maximum absolute atomic E-state index is 12.4. The molecule has 1 fully saturated rings. The fourth-order valence-electron chi connectivity index (χ4n) is 2.53. The van der Waals surface area contributed by atoms with E-state index in [4.69, 9.17) is 4.74 Å². The molecular weight excluding hydrogens is 290 g/mol. The van der Waals surface area contributed by atoms with Gasteiger partial charge in [0, 0.05) is 6.04 Å². The van der Waals surface area contributed by atoms with Gasteiger partial charge in [-0.2, -0.15) is 0 Å². The number of ether oxygens (including phenoxy) is 1. The molecular formula is C19H21NO3. The molecule has 1 saturated carbocycles. The van der Waals surface area contributed by atoms with Gasteiger partial charge in [-0.05, 0) is 24.0 Å². The molecule has 4 heteroatoms. The van der Waals surface area contributed by atoms with E-state index in [0.717, 1.165) is 24.0 Å². The molecule has 2 aromatic rings. The van der Waals surface area contributed by atoms with Gasteiger partial charge in [0.15, 0.2) is 0 Å². The Labute approximate surface area is 136 Å². The summed E-state index contributed by atoms with van der Waals surface area (Å²) in [6, 6.07) is 19.2. The van der Waals surface area contributed by atoms with E-state index in [-0.39, 0.29) is 25.3 Å². The number of rotatable bonds is 6. The van der Waals surface area contributed by atoms with Crippen molar-refractivity contribution in [1.29, 1.82) is 0 Å². The standard InChI is InChI=1S/C19H21NO3/c21-18(16-9-5-2-6-10-16)13-20(17-11-12-17)19(22)23-14-15-7-3-1-4-8-15/h1-10,17-18,21H,11-14H2. The van der Waals surface area contributed by atoms with E-state index in [1.807, 2.05) is 60.7 Å². The minimum Gasteiger partial charge on any atom is -0.445 e. The van der Waals surface area contributed by atoms with E-state index < -0.39 is 6.10 Å². The van der Waals surface area contributed by atoms with Crippen molar-refractivity contribution in [1.82, 2.24) is 4.90 Å². The van der Waals surface area contributed by atoms with E-state index in [0.29, 0.717) is 0 Å². The van der Waals surface area contributed by atoms with Crippen molar-refractivity contribution in [3.63, 3.8) is 0 Å². The minimum absolute atomic E-state index is 0.191. The summed E-state index contributed by atoms with van der Waals surface area (Å²) in [4.78, 5) is 14.0. The number of nitrogens with zero attached hydrogens (tertiary/aromatic N) is 1. The highest BCUT2D eigenvalue weighted by Crippen LogP contribution is 2.29. The van der Waals surface area contributed by atoms with Gasteiger partial charge in [-0.15, -0.1) is 0 Å². The lowest BCUT2D eigenvalue weighted by molar-refractivity contribution is 0.0655. The third-order valence-corrected chi connectivity index (χ3v) is 3.98. The molecule has 0 radical (unpaired) electrons. The van der Waals surface area contributed by atoms with Gasteiger partial charge in [-0.3, -0.25) is 0 Å². The predicted octanol–water partition coefficient (Wildman–Crippen LogP) is 3.52. The highest BCUT2D eigenvalue weighted by molar-refractivity contribution is 5.68. The molecule has 2 aromatic carbocycles. The van der Waals surface area contributed by atoms with Crippen LogP contribution in [0.2, 0.25) is 0 Å². The Morgan fingerprint density at radius 1 is 1.09 bits per heavy atom. The third kappa shape index (κ3) is 4.33. The topological polar surface area (TPSA) is 49.8 Å². The normalized spacial score (nSPS) is 15.0. The summed E-state index contributed by atoms with van der Waals surface area (Å²) < 4.78 is 5.40. The van der Waals surface area contributed by atoms with Gasteiger partial charge in [-0.25, -0.2) is 4.79 Å². The van der Waals surface area contributed by atoms with Gasteiger partial charge in [0.25, 0.3) is 0 Å². The Bertz CT molecular complexity index is 626. The maximum Gasteiger partial charge on any atom is 0.410 e. The number of amides is 1. The highest BCUT2D eigenvalue weighted by atomic mass is 16.6. The van der Waals surface area contributed by atoms with Crippen molar-refractivity contribution >= 4 is 6.09 Å². The van der Waals surface area contributed by atoms with Gasteiger partial charge < -0.3 is 14.7 Å². The molecule has 3 rings (SSSR count). The van der Waals surface area contributed by atoms with Crippen LogP contribution in [0.4, 0.5) is 4.79 Å². The lowest BCUT2D eigenvalue weighted by atomic mass is 10.1. The molecule has 1 aliphatic rings. The van der Waals surface area contributed by atoms with Crippen molar-refractivity contribution < 1.29 is 14.6 Å². The fourth-order valence-corrected chi connectivity index (χ4v) is 2.53. The van der Waals surface area contributed by atoms with Crippen molar-refractivity contribution in [3.8, 4) is 0 Å². The summed E-state index contributed by atoms with van der Waals surface area (Å²) in [5.41, 5.74) is 1.77. The van der Waals surface area contributed by atoms with Crippen LogP contribution < -0.4 is 0 Å². The molecule has 0 bridgehead atoms. The van der Waals surface area contributed by atoms with Crippen molar-refractivity contribution in [2.24, 2.45) is 0 Å². The Hall–Kier alpha value is -2.33. The molecule has 1 unspecified atom stereocenters. The number of carbonyl (C=O) groups is 1. The van der Waals surface area contributed by atoms with E-state index in [9.17, 15) is 9.90 Å². The van der Waals surface area contributed by atoms with Crippen molar-refractivity contribution in [3.05, 3.63) is 71.8 Å². The summed E-state index contributed by atoms with van der Waals surface area (Å²) in [5.74, 6) is 0. The first-order valence-electron chi connectivity index (χ1n) is 7.94. The van der Waals surface area contributed by atoms with Gasteiger partial charge in [0.2, 0.25) is 0 Å². The Morgan fingerprint density at radius 3 is 2.30 bits per heavy atom. The lowest BCUT2D eigenvalue weighted by Crippen LogP contribution is -2.37. The summed E-state index contributed by atoms with van der Waals surface area (Å²) >= 11 is 0. The second kappa shape index (κ2) is 7.29. The first-order chi connectivity index (χ1) is 11.2. The van der Waals surface area contributed by atoms with Gasteiger partial charge in [0.05, 0.1) is 12.6 Å². The van der Waals surface area contributed by atoms with E-state index in [1.54, 1.807) is 4.90 Å². The van der Waals surface area contributed by atoms with E-state index in [1.165, 1.54) is 0 Å². The van der Waals surface area contributed by atoms with Crippen LogP contribution in [0.25, 0.3) is 0 Å². The summed E-state index contributed by atoms with van der Waals surface area (Å²) in [5, 5.41) is 10.4. The fraction of sp³-hybridized carbons (Fsp3) is 0.316. The average Bonchev–Trinajstić information content (AvgIpc) is 3.44. The molecule has 1 aliphatic carbocycles. The number of hydrogen-bond acceptors (Lipinski definition) is 3. The van der Waals surface area contributed by atoms with Crippen molar-refractivity contribution in [2.75, 3.05) is 6.54 Å². The molecule has 4 nitrogen and oxygen atoms in total. The van der Waals surface area contributed by atoms with E-state index in [2.05, 4.69) is 0 Å². The first-order valence-corrected chi connectivity index (χ1v) is 7.94. The molecule has 1 atom stereocenters. The Balaban J connectivity index is 1.59. The third-order valence-electron chi connectivity index (χ3n) is 3.98. The number of aliphatic hydroxyl groups excluding tert-OH is 1. The van der Waals surface area contributed by atoms with Crippen LogP contribution in [0.3, 0.4) is 0 Å². The smallest absolute Gasteiger partial charge is 0.410 e. The monoisotopic (exact) mass is 311 g/mol. The van der Waals surface area contributed by atoms with Gasteiger partial charge >= 0.3 is 6.09 Å². The minimum atomic E-state index is -0.693. The van der Waals surface area contributed by atoms with Crippen LogP contribution in [0.15, 0.2) is 60.7 Å². The van der Waals surface area contributed by atoms with Crippen LogP contribution in [0, 0.1) is 0 Å². The zero-order chi connectivity index (χ0) is 16.1. The van der Waals surface area contributed by atoms with Gasteiger partial charge in [-0.1, -0.05) is 60.7 Å². The Kier molecular flexibility index (Phi) is 4.93. The first kappa shape index (κ1) is 15.6. The molecule has 0 spiro atoms. The van der Waals surface area contributed by atoms with Crippen LogP contribution in [0.5, 0.6) is 0 Å². The zero-order valence-electron chi connectivity index (χ0n) is 13.0. The molecule has 120 valence electrons. The Morgan fingerprint density at radius 2 is 1.70 bits per heavy atom. The number of benzene rings is 2. The SMILES string of the molecule is O=C(OCc1ccccc1)N(CC(O)c1ccccc1)C1CC1. The number of aliphatic hydroxyl groups is 1. The molecule has 0 saturated heterocycles. The highest BCUT2D eigenvalue weighted by Gasteiger charge is 2.35. The van der Waals surface area contributed by atoms with Crippen LogP contribution >= 0.6 is 0 Å². The lowest BCUT2D eigenvalue weighted by Gasteiger charge is -2.24. The van der Waals surface area contributed by atoms with E-state index >= 15 is 0 Å². The summed E-state index contributed by atoms with van der Waals surface area (Å²) in [6.07, 6.45) is 0.900. The van der Waals surface area contributed by atoms with Crippen LogP contribution in [-0.4, -0.2) is 28.7 Å². The summed E-state index contributed by atoms with van der Waals surface area (Å²) in [7, 11) is 0. The average molecular weight is 311 g/mol. The molecule has 0 aromatic heterocycles. The maximum atomic E-state index is 12.4. The van der Waals surface area contributed by atoms with Crippen LogP contribution in [-0.2, 0) is 11.3 Å². The second-order valence-electron chi connectivity index (χ2n) is 5.85. The number of carbonyl (C=O) groups excluding carboxylic acids is 1. The molecule has 23 heavy (non-hydrogen) atoms.